The largest absolute Gasteiger partial charge is 0.488 e. The Kier molecular flexibility index (Phi) is 5.66. The van der Waals surface area contributed by atoms with E-state index in [1.165, 1.54) is 0 Å². The zero-order chi connectivity index (χ0) is 20.2. The Morgan fingerprint density at radius 2 is 1.93 bits per heavy atom. The Morgan fingerprint density at radius 3 is 2.69 bits per heavy atom. The predicted octanol–water partition coefficient (Wildman–Crippen LogP) is 6.62. The lowest BCUT2D eigenvalue weighted by Gasteiger charge is -2.10. The van der Waals surface area contributed by atoms with Crippen LogP contribution in [-0.4, -0.2) is 9.97 Å². The third-order valence-electron chi connectivity index (χ3n) is 4.34. The first-order valence-electron chi connectivity index (χ1n) is 8.86. The summed E-state index contributed by atoms with van der Waals surface area (Å²) >= 11 is 9.43. The average Bonchev–Trinajstić information content (AvgIpc) is 3.16. The Bertz CT molecular complexity index is 1210. The van der Waals surface area contributed by atoms with Crippen LogP contribution in [-0.2, 0) is 6.61 Å². The third kappa shape index (κ3) is 4.51. The van der Waals surface area contributed by atoms with E-state index in [1.807, 2.05) is 66.7 Å². The number of aromatic amines is 1. The second-order valence-electron chi connectivity index (χ2n) is 6.37. The summed E-state index contributed by atoms with van der Waals surface area (Å²) in [6, 6.07) is 23.1. The van der Waals surface area contributed by atoms with E-state index in [0.717, 1.165) is 26.6 Å². The van der Waals surface area contributed by atoms with Crippen LogP contribution in [0.2, 0.25) is 5.02 Å². The number of aromatic nitrogens is 2. The molecule has 4 aromatic rings. The van der Waals surface area contributed by atoms with Crippen LogP contribution in [0.25, 0.3) is 22.7 Å². The van der Waals surface area contributed by atoms with Crippen molar-refractivity contribution in [2.24, 2.45) is 0 Å². The lowest BCUT2D eigenvalue weighted by Crippen LogP contribution is -1.97. The number of allylic oxidation sites excluding steroid dienone is 1. The van der Waals surface area contributed by atoms with Crippen molar-refractivity contribution in [1.29, 1.82) is 5.26 Å². The maximum atomic E-state index is 9.72. The molecule has 0 aliphatic rings. The van der Waals surface area contributed by atoms with Gasteiger partial charge < -0.3 is 9.72 Å². The Balaban J connectivity index is 1.66. The lowest BCUT2D eigenvalue weighted by atomic mass is 10.1. The van der Waals surface area contributed by atoms with Gasteiger partial charge in [0, 0.05) is 15.1 Å². The van der Waals surface area contributed by atoms with Gasteiger partial charge in [-0.2, -0.15) is 5.26 Å². The van der Waals surface area contributed by atoms with E-state index in [4.69, 9.17) is 16.3 Å². The normalized spacial score (nSPS) is 11.4. The molecular weight excluding hydrogens is 450 g/mol. The van der Waals surface area contributed by atoms with Crippen LogP contribution in [0.4, 0.5) is 0 Å². The van der Waals surface area contributed by atoms with Crippen molar-refractivity contribution in [3.63, 3.8) is 0 Å². The van der Waals surface area contributed by atoms with Crippen molar-refractivity contribution in [3.8, 4) is 11.8 Å². The molecule has 4 rings (SSSR count). The van der Waals surface area contributed by atoms with Crippen LogP contribution < -0.4 is 4.74 Å². The quantitative estimate of drug-likeness (QED) is 0.337. The Morgan fingerprint density at radius 1 is 1.14 bits per heavy atom. The van der Waals surface area contributed by atoms with Gasteiger partial charge in [-0.05, 0) is 54.1 Å². The summed E-state index contributed by atoms with van der Waals surface area (Å²) in [4.78, 5) is 7.72. The van der Waals surface area contributed by atoms with Gasteiger partial charge in [0.15, 0.2) is 0 Å². The van der Waals surface area contributed by atoms with E-state index in [9.17, 15) is 5.26 Å². The van der Waals surface area contributed by atoms with Crippen molar-refractivity contribution in [2.45, 2.75) is 6.61 Å². The summed E-state index contributed by atoms with van der Waals surface area (Å²) in [7, 11) is 0. The number of nitrogens with zero attached hydrogens (tertiary/aromatic N) is 2. The Labute approximate surface area is 181 Å². The molecule has 3 aromatic carbocycles. The van der Waals surface area contributed by atoms with Gasteiger partial charge >= 0.3 is 0 Å². The number of fused-ring (bicyclic) bond motifs is 1. The average molecular weight is 465 g/mol. The van der Waals surface area contributed by atoms with Crippen LogP contribution >= 0.6 is 27.5 Å². The minimum absolute atomic E-state index is 0.395. The van der Waals surface area contributed by atoms with Crippen molar-refractivity contribution >= 4 is 50.2 Å². The number of benzene rings is 3. The predicted molar refractivity (Wildman–Crippen MR) is 120 cm³/mol. The zero-order valence-electron chi connectivity index (χ0n) is 15.2. The number of hydrogen-bond acceptors (Lipinski definition) is 3. The van der Waals surface area contributed by atoms with E-state index >= 15 is 0 Å². The second kappa shape index (κ2) is 8.52. The number of ether oxygens (including phenoxy) is 1. The molecule has 0 bridgehead atoms. The van der Waals surface area contributed by atoms with Gasteiger partial charge in [-0.25, -0.2) is 4.98 Å². The smallest absolute Gasteiger partial charge is 0.149 e. The van der Waals surface area contributed by atoms with Gasteiger partial charge in [-0.3, -0.25) is 0 Å². The standard InChI is InChI=1S/C23H15BrClN3O/c24-18-7-10-22(29-14-15-5-8-19(25)9-6-15)16(12-18)11-17(13-26)23-27-20-3-1-2-4-21(20)28-23/h1-12H,14H2,(H,27,28). The fourth-order valence-corrected chi connectivity index (χ4v) is 3.40. The molecule has 142 valence electrons. The van der Waals surface area contributed by atoms with Crippen molar-refractivity contribution in [2.75, 3.05) is 0 Å². The van der Waals surface area contributed by atoms with Gasteiger partial charge in [-0.15, -0.1) is 0 Å². The first-order chi connectivity index (χ1) is 14.1. The third-order valence-corrected chi connectivity index (χ3v) is 5.09. The first-order valence-corrected chi connectivity index (χ1v) is 10.0. The van der Waals surface area contributed by atoms with Gasteiger partial charge in [0.2, 0.25) is 0 Å². The molecule has 0 fully saturated rings. The molecule has 6 heteroatoms. The number of nitriles is 1. The number of para-hydroxylation sites is 2. The van der Waals surface area contributed by atoms with Crippen LogP contribution in [0.3, 0.4) is 0 Å². The number of halogens is 2. The van der Waals surface area contributed by atoms with Crippen LogP contribution in [0.1, 0.15) is 17.0 Å². The fourth-order valence-electron chi connectivity index (χ4n) is 2.89. The van der Waals surface area contributed by atoms with E-state index in [2.05, 4.69) is 32.0 Å². The van der Waals surface area contributed by atoms with Crippen molar-refractivity contribution < 1.29 is 4.74 Å². The molecule has 0 saturated heterocycles. The van der Waals surface area contributed by atoms with Gasteiger partial charge in [0.1, 0.15) is 24.3 Å². The number of rotatable bonds is 5. The highest BCUT2D eigenvalue weighted by atomic mass is 79.9. The van der Waals surface area contributed by atoms with E-state index in [-0.39, 0.29) is 0 Å². The summed E-state index contributed by atoms with van der Waals surface area (Å²) in [5.41, 5.74) is 3.92. The van der Waals surface area contributed by atoms with E-state index in [0.29, 0.717) is 28.8 Å². The number of hydrogen-bond donors (Lipinski definition) is 1. The molecule has 0 aliphatic carbocycles. The SMILES string of the molecule is N#CC(=Cc1cc(Br)ccc1OCc1ccc(Cl)cc1)c1nc2ccccc2[nH]1. The summed E-state index contributed by atoms with van der Waals surface area (Å²) in [5.74, 6) is 1.20. The Hall–Kier alpha value is -3.07. The van der Waals surface area contributed by atoms with Crippen LogP contribution in [0.15, 0.2) is 71.2 Å². The molecule has 4 nitrogen and oxygen atoms in total. The van der Waals surface area contributed by atoms with E-state index < -0.39 is 0 Å². The molecule has 1 aromatic heterocycles. The molecule has 0 atom stereocenters. The second-order valence-corrected chi connectivity index (χ2v) is 7.72. The highest BCUT2D eigenvalue weighted by Gasteiger charge is 2.10. The van der Waals surface area contributed by atoms with Crippen LogP contribution in [0, 0.1) is 11.3 Å². The number of imidazole rings is 1. The molecule has 1 N–H and O–H groups in total. The maximum absolute atomic E-state index is 9.72. The van der Waals surface area contributed by atoms with Gasteiger partial charge in [0.05, 0.1) is 16.6 Å². The van der Waals surface area contributed by atoms with Gasteiger partial charge in [-0.1, -0.05) is 51.8 Å². The molecule has 1 heterocycles. The van der Waals surface area contributed by atoms with Gasteiger partial charge in [0.25, 0.3) is 0 Å². The summed E-state index contributed by atoms with van der Waals surface area (Å²) in [5, 5.41) is 10.4. The molecule has 0 spiro atoms. The minimum atomic E-state index is 0.395. The topological polar surface area (TPSA) is 61.7 Å². The molecule has 0 amide bonds. The van der Waals surface area contributed by atoms with Crippen molar-refractivity contribution in [1.82, 2.24) is 9.97 Å². The summed E-state index contributed by atoms with van der Waals surface area (Å²) in [6.07, 6.45) is 1.78. The number of nitrogens with one attached hydrogen (secondary N) is 1. The lowest BCUT2D eigenvalue weighted by molar-refractivity contribution is 0.305. The molecule has 0 aliphatic heterocycles. The minimum Gasteiger partial charge on any atom is -0.488 e. The molecule has 0 saturated carbocycles. The summed E-state index contributed by atoms with van der Waals surface area (Å²) in [6.45, 7) is 0.395. The van der Waals surface area contributed by atoms with Crippen LogP contribution in [0.5, 0.6) is 5.75 Å². The fraction of sp³-hybridized carbons (Fsp3) is 0.0435. The zero-order valence-corrected chi connectivity index (χ0v) is 17.5. The first kappa shape index (κ1) is 19.3. The molecule has 0 unspecified atom stereocenters. The van der Waals surface area contributed by atoms with Crippen molar-refractivity contribution in [3.05, 3.63) is 93.2 Å². The molecule has 0 radical (unpaired) electrons. The maximum Gasteiger partial charge on any atom is 0.149 e. The molecular formula is C23H15BrClN3O. The summed E-state index contributed by atoms with van der Waals surface area (Å²) < 4.78 is 6.90. The number of H-pyrrole nitrogens is 1. The molecule has 29 heavy (non-hydrogen) atoms. The van der Waals surface area contributed by atoms with E-state index in [1.54, 1.807) is 6.08 Å². The highest BCUT2D eigenvalue weighted by molar-refractivity contribution is 9.10. The monoisotopic (exact) mass is 463 g/mol. The highest BCUT2D eigenvalue weighted by Crippen LogP contribution is 2.28.